The van der Waals surface area contributed by atoms with Crippen LogP contribution in [0.2, 0.25) is 5.02 Å². The van der Waals surface area contributed by atoms with Crippen molar-refractivity contribution < 1.29 is 14.1 Å². The van der Waals surface area contributed by atoms with Crippen molar-refractivity contribution in [3.05, 3.63) is 69.0 Å². The summed E-state index contributed by atoms with van der Waals surface area (Å²) in [4.78, 5) is 10.1. The molecule has 6 heteroatoms. The molecule has 0 saturated heterocycles. The second-order valence-electron chi connectivity index (χ2n) is 3.79. The van der Waals surface area contributed by atoms with Gasteiger partial charge in [-0.15, -0.1) is 0 Å². The van der Waals surface area contributed by atoms with Gasteiger partial charge in [-0.3, -0.25) is 10.1 Å². The first-order chi connectivity index (χ1) is 9.06. The Balaban J connectivity index is 2.12. The lowest BCUT2D eigenvalue weighted by Gasteiger charge is -2.07. The van der Waals surface area contributed by atoms with Gasteiger partial charge in [0.05, 0.1) is 16.0 Å². The van der Waals surface area contributed by atoms with Crippen LogP contribution in [0, 0.1) is 15.9 Å². The van der Waals surface area contributed by atoms with Crippen LogP contribution in [0.15, 0.2) is 42.5 Å². The number of benzene rings is 2. The van der Waals surface area contributed by atoms with Crippen molar-refractivity contribution in [3.8, 4) is 5.75 Å². The number of halogens is 2. The maximum absolute atomic E-state index is 12.7. The average molecular weight is 282 g/mol. The number of nitrogens with zero attached hydrogens (tertiary/aromatic N) is 1. The molecule has 0 heterocycles. The average Bonchev–Trinajstić information content (AvgIpc) is 2.39. The first kappa shape index (κ1) is 13.3. The Hall–Kier alpha value is -2.14. The predicted molar refractivity (Wildman–Crippen MR) is 68.8 cm³/mol. The van der Waals surface area contributed by atoms with Gasteiger partial charge in [0, 0.05) is 6.07 Å². The zero-order chi connectivity index (χ0) is 13.8. The van der Waals surface area contributed by atoms with E-state index in [1.165, 1.54) is 30.3 Å². The van der Waals surface area contributed by atoms with E-state index in [-0.39, 0.29) is 28.9 Å². The summed E-state index contributed by atoms with van der Waals surface area (Å²) in [5.41, 5.74) is 0.641. The van der Waals surface area contributed by atoms with E-state index >= 15 is 0 Å². The number of ether oxygens (including phenoxy) is 1. The summed E-state index contributed by atoms with van der Waals surface area (Å²) in [6.45, 7) is 0.154. The van der Waals surface area contributed by atoms with Crippen LogP contribution < -0.4 is 4.74 Å². The molecule has 2 rings (SSSR count). The summed E-state index contributed by atoms with van der Waals surface area (Å²) in [6.07, 6.45) is 0. The molecule has 2 aromatic rings. The molecule has 0 aliphatic heterocycles. The van der Waals surface area contributed by atoms with Gasteiger partial charge in [-0.25, -0.2) is 4.39 Å². The minimum atomic E-state index is -0.527. The van der Waals surface area contributed by atoms with Crippen molar-refractivity contribution in [1.82, 2.24) is 0 Å². The van der Waals surface area contributed by atoms with Gasteiger partial charge in [-0.1, -0.05) is 23.7 Å². The zero-order valence-corrected chi connectivity index (χ0v) is 10.4. The Morgan fingerprint density at radius 2 is 1.89 bits per heavy atom. The van der Waals surface area contributed by atoms with Gasteiger partial charge in [0.1, 0.15) is 18.2 Å². The normalized spacial score (nSPS) is 10.2. The molecule has 0 N–H and O–H groups in total. The second kappa shape index (κ2) is 5.67. The summed E-state index contributed by atoms with van der Waals surface area (Å²) in [5.74, 6) is -0.114. The fourth-order valence-electron chi connectivity index (χ4n) is 1.46. The molecule has 2 aromatic carbocycles. The Morgan fingerprint density at radius 1 is 1.21 bits per heavy atom. The number of hydrogen-bond donors (Lipinski definition) is 0. The molecule has 0 bridgehead atoms. The number of rotatable bonds is 4. The van der Waals surface area contributed by atoms with E-state index in [1.54, 1.807) is 12.1 Å². The molecular formula is C13H9ClFNO3. The number of nitro benzene ring substituents is 1. The molecule has 0 radical (unpaired) electrons. The van der Waals surface area contributed by atoms with E-state index < -0.39 is 4.92 Å². The maximum atomic E-state index is 12.7. The van der Waals surface area contributed by atoms with Crippen LogP contribution in [0.4, 0.5) is 10.1 Å². The molecule has 0 aliphatic carbocycles. The van der Waals surface area contributed by atoms with Crippen molar-refractivity contribution >= 4 is 17.3 Å². The molecule has 0 fully saturated rings. The van der Waals surface area contributed by atoms with Crippen molar-refractivity contribution in [2.45, 2.75) is 6.61 Å². The number of hydrogen-bond acceptors (Lipinski definition) is 3. The lowest BCUT2D eigenvalue weighted by Crippen LogP contribution is -1.97. The van der Waals surface area contributed by atoms with Gasteiger partial charge in [-0.2, -0.15) is 0 Å². The van der Waals surface area contributed by atoms with Gasteiger partial charge < -0.3 is 4.74 Å². The maximum Gasteiger partial charge on any atom is 0.273 e. The highest BCUT2D eigenvalue weighted by atomic mass is 35.5. The zero-order valence-electron chi connectivity index (χ0n) is 9.68. The highest BCUT2D eigenvalue weighted by Gasteiger charge is 2.10. The topological polar surface area (TPSA) is 52.4 Å². The summed E-state index contributed by atoms with van der Waals surface area (Å²) in [5, 5.41) is 10.9. The predicted octanol–water partition coefficient (Wildman–Crippen LogP) is 3.97. The summed E-state index contributed by atoms with van der Waals surface area (Å²) in [7, 11) is 0. The fraction of sp³-hybridized carbons (Fsp3) is 0.0769. The quantitative estimate of drug-likeness (QED) is 0.629. The highest BCUT2D eigenvalue weighted by Crippen LogP contribution is 2.29. The van der Waals surface area contributed by atoms with Crippen LogP contribution in [0.5, 0.6) is 5.75 Å². The Bertz CT molecular complexity index is 601. The third-order valence-electron chi connectivity index (χ3n) is 2.43. The van der Waals surface area contributed by atoms with E-state index in [0.717, 1.165) is 5.56 Å². The minimum absolute atomic E-state index is 0.0986. The van der Waals surface area contributed by atoms with Gasteiger partial charge in [0.2, 0.25) is 0 Å². The van der Waals surface area contributed by atoms with E-state index in [0.29, 0.717) is 0 Å². The van der Waals surface area contributed by atoms with E-state index in [4.69, 9.17) is 16.3 Å². The van der Waals surface area contributed by atoms with E-state index in [9.17, 15) is 14.5 Å². The monoisotopic (exact) mass is 281 g/mol. The minimum Gasteiger partial charge on any atom is -0.487 e. The second-order valence-corrected chi connectivity index (χ2v) is 4.19. The lowest BCUT2D eigenvalue weighted by atomic mass is 10.2. The molecule has 0 spiro atoms. The van der Waals surface area contributed by atoms with Gasteiger partial charge in [0.25, 0.3) is 5.69 Å². The summed E-state index contributed by atoms with van der Waals surface area (Å²) < 4.78 is 18.1. The number of non-ortho nitro benzene ring substituents is 1. The fourth-order valence-corrected chi connectivity index (χ4v) is 1.63. The van der Waals surface area contributed by atoms with Crippen LogP contribution in [0.1, 0.15) is 5.56 Å². The third kappa shape index (κ3) is 3.42. The molecule has 0 saturated carbocycles. The van der Waals surface area contributed by atoms with Crippen LogP contribution in [-0.2, 0) is 6.61 Å². The number of nitro groups is 1. The summed E-state index contributed by atoms with van der Waals surface area (Å²) >= 11 is 5.88. The molecule has 0 amide bonds. The van der Waals surface area contributed by atoms with Gasteiger partial charge in [0.15, 0.2) is 0 Å². The van der Waals surface area contributed by atoms with Crippen molar-refractivity contribution in [3.63, 3.8) is 0 Å². The van der Waals surface area contributed by atoms with Crippen LogP contribution in [-0.4, -0.2) is 4.92 Å². The smallest absolute Gasteiger partial charge is 0.273 e. The van der Waals surface area contributed by atoms with Gasteiger partial charge >= 0.3 is 0 Å². The molecule has 98 valence electrons. The molecular weight excluding hydrogens is 273 g/mol. The largest absolute Gasteiger partial charge is 0.487 e. The van der Waals surface area contributed by atoms with Crippen molar-refractivity contribution in [2.24, 2.45) is 0 Å². The third-order valence-corrected chi connectivity index (χ3v) is 2.75. The molecule has 0 unspecified atom stereocenters. The molecule has 0 aromatic heterocycles. The van der Waals surface area contributed by atoms with Crippen molar-refractivity contribution in [1.29, 1.82) is 0 Å². The first-order valence-electron chi connectivity index (χ1n) is 5.37. The lowest BCUT2D eigenvalue weighted by molar-refractivity contribution is -0.384. The molecule has 0 atom stereocenters. The molecule has 19 heavy (non-hydrogen) atoms. The molecule has 0 aliphatic rings. The van der Waals surface area contributed by atoms with Gasteiger partial charge in [-0.05, 0) is 23.8 Å². The standard InChI is InChI=1S/C13H9ClFNO3/c14-12-6-5-11(16(17)18)7-13(12)19-8-9-1-3-10(15)4-2-9/h1-7H,8H2. The van der Waals surface area contributed by atoms with E-state index in [1.807, 2.05) is 0 Å². The van der Waals surface area contributed by atoms with Crippen LogP contribution >= 0.6 is 11.6 Å². The highest BCUT2D eigenvalue weighted by molar-refractivity contribution is 6.32. The molecule has 4 nitrogen and oxygen atoms in total. The Morgan fingerprint density at radius 3 is 2.53 bits per heavy atom. The van der Waals surface area contributed by atoms with Crippen LogP contribution in [0.3, 0.4) is 0 Å². The Labute approximate surface area is 113 Å². The van der Waals surface area contributed by atoms with Crippen LogP contribution in [0.25, 0.3) is 0 Å². The Kier molecular flexibility index (Phi) is 3.97. The van der Waals surface area contributed by atoms with Crippen molar-refractivity contribution in [2.75, 3.05) is 0 Å². The van der Waals surface area contributed by atoms with E-state index in [2.05, 4.69) is 0 Å². The SMILES string of the molecule is O=[N+]([O-])c1ccc(Cl)c(OCc2ccc(F)cc2)c1. The summed E-state index contributed by atoms with van der Waals surface area (Å²) in [6, 6.07) is 9.72. The first-order valence-corrected chi connectivity index (χ1v) is 5.75.